The number of rotatable bonds is 0. The van der Waals surface area contributed by atoms with E-state index in [-0.39, 0.29) is 21.6 Å². The van der Waals surface area contributed by atoms with Gasteiger partial charge in [-0.05, 0) is 49.2 Å². The van der Waals surface area contributed by atoms with Gasteiger partial charge in [0.25, 0.3) is 0 Å². The SMILES string of the molecule is Cc1cc2c(cc1C)C(=O)c1cc(Cl)c(Cl)cc1C2=O. The first-order chi connectivity index (χ1) is 9.40. The summed E-state index contributed by atoms with van der Waals surface area (Å²) in [4.78, 5) is 25.1. The lowest BCUT2D eigenvalue weighted by Gasteiger charge is -2.19. The summed E-state index contributed by atoms with van der Waals surface area (Å²) in [5.41, 5.74) is 3.47. The smallest absolute Gasteiger partial charge is 0.194 e. The topological polar surface area (TPSA) is 34.1 Å². The molecule has 0 aromatic heterocycles. The highest BCUT2D eigenvalue weighted by Gasteiger charge is 2.31. The molecular formula is C16H10Cl2O2. The van der Waals surface area contributed by atoms with Gasteiger partial charge in [-0.1, -0.05) is 23.2 Å². The van der Waals surface area contributed by atoms with Crippen molar-refractivity contribution in [3.8, 4) is 0 Å². The summed E-state index contributed by atoms with van der Waals surface area (Å²) in [7, 11) is 0. The van der Waals surface area contributed by atoms with Crippen LogP contribution >= 0.6 is 23.2 Å². The quantitative estimate of drug-likeness (QED) is 0.617. The Hall–Kier alpha value is -1.64. The van der Waals surface area contributed by atoms with Gasteiger partial charge in [-0.15, -0.1) is 0 Å². The molecular weight excluding hydrogens is 295 g/mol. The van der Waals surface area contributed by atoms with Gasteiger partial charge < -0.3 is 0 Å². The number of fused-ring (bicyclic) bond motifs is 2. The third-order valence-electron chi connectivity index (χ3n) is 3.67. The summed E-state index contributed by atoms with van der Waals surface area (Å²) < 4.78 is 0. The fraction of sp³-hybridized carbons (Fsp3) is 0.125. The molecule has 1 aliphatic carbocycles. The molecule has 0 heterocycles. The Bertz CT molecular complexity index is 662. The van der Waals surface area contributed by atoms with E-state index < -0.39 is 0 Å². The number of hydrogen-bond donors (Lipinski definition) is 0. The van der Waals surface area contributed by atoms with Crippen LogP contribution in [0, 0.1) is 13.8 Å². The van der Waals surface area contributed by atoms with E-state index in [0.717, 1.165) is 11.1 Å². The summed E-state index contributed by atoms with van der Waals surface area (Å²) in [6, 6.07) is 6.46. The number of halogens is 2. The van der Waals surface area contributed by atoms with Crippen LogP contribution < -0.4 is 0 Å². The van der Waals surface area contributed by atoms with Gasteiger partial charge in [-0.25, -0.2) is 0 Å². The molecule has 1 aliphatic rings. The fourth-order valence-electron chi connectivity index (χ4n) is 2.40. The Morgan fingerprint density at radius 3 is 1.30 bits per heavy atom. The van der Waals surface area contributed by atoms with Crippen molar-refractivity contribution < 1.29 is 9.59 Å². The second-order valence-electron chi connectivity index (χ2n) is 4.95. The molecule has 0 saturated heterocycles. The van der Waals surface area contributed by atoms with Crippen LogP contribution in [0.2, 0.25) is 10.0 Å². The van der Waals surface area contributed by atoms with Crippen molar-refractivity contribution in [3.05, 3.63) is 67.7 Å². The van der Waals surface area contributed by atoms with E-state index in [2.05, 4.69) is 0 Å². The Morgan fingerprint density at radius 1 is 0.650 bits per heavy atom. The molecule has 4 heteroatoms. The standard InChI is InChI=1S/C16H10Cl2O2/c1-7-3-9-10(4-8(7)2)16(20)12-6-14(18)13(17)5-11(12)15(9)19/h3-6H,1-2H3. The lowest BCUT2D eigenvalue weighted by Crippen LogP contribution is -2.21. The highest BCUT2D eigenvalue weighted by Crippen LogP contribution is 2.34. The molecule has 100 valence electrons. The molecule has 0 bridgehead atoms. The Labute approximate surface area is 126 Å². The van der Waals surface area contributed by atoms with Crippen LogP contribution in [-0.2, 0) is 0 Å². The first kappa shape index (κ1) is 13.3. The van der Waals surface area contributed by atoms with Gasteiger partial charge in [0.05, 0.1) is 10.0 Å². The van der Waals surface area contributed by atoms with Gasteiger partial charge in [0.15, 0.2) is 11.6 Å². The van der Waals surface area contributed by atoms with Gasteiger partial charge >= 0.3 is 0 Å². The van der Waals surface area contributed by atoms with Gasteiger partial charge in [0, 0.05) is 22.3 Å². The van der Waals surface area contributed by atoms with Gasteiger partial charge in [-0.2, -0.15) is 0 Å². The first-order valence-corrected chi connectivity index (χ1v) is 6.85. The Morgan fingerprint density at radius 2 is 0.950 bits per heavy atom. The minimum atomic E-state index is -0.184. The van der Waals surface area contributed by atoms with Gasteiger partial charge in [0.2, 0.25) is 0 Å². The summed E-state index contributed by atoms with van der Waals surface area (Å²) >= 11 is 11.9. The van der Waals surface area contributed by atoms with E-state index in [0.29, 0.717) is 22.3 Å². The van der Waals surface area contributed by atoms with Crippen LogP contribution in [0.15, 0.2) is 24.3 Å². The molecule has 2 aromatic carbocycles. The average Bonchev–Trinajstić information content (AvgIpc) is 2.41. The maximum Gasteiger partial charge on any atom is 0.194 e. The lowest BCUT2D eigenvalue weighted by atomic mass is 9.82. The highest BCUT2D eigenvalue weighted by atomic mass is 35.5. The molecule has 0 unspecified atom stereocenters. The number of ketones is 2. The van der Waals surface area contributed by atoms with E-state index in [4.69, 9.17) is 23.2 Å². The number of aryl methyl sites for hydroxylation is 2. The number of hydrogen-bond acceptors (Lipinski definition) is 2. The van der Waals surface area contributed by atoms with Crippen molar-refractivity contribution in [2.75, 3.05) is 0 Å². The largest absolute Gasteiger partial charge is 0.289 e. The number of carbonyl (C=O) groups is 2. The molecule has 0 fully saturated rings. The van der Waals surface area contributed by atoms with E-state index in [1.807, 2.05) is 13.8 Å². The second-order valence-corrected chi connectivity index (χ2v) is 5.77. The van der Waals surface area contributed by atoms with Gasteiger partial charge in [-0.3, -0.25) is 9.59 Å². The van der Waals surface area contributed by atoms with Crippen molar-refractivity contribution in [1.29, 1.82) is 0 Å². The molecule has 0 atom stereocenters. The zero-order chi connectivity index (χ0) is 14.6. The summed E-state index contributed by atoms with van der Waals surface area (Å²) in [6.45, 7) is 3.83. The molecule has 2 nitrogen and oxygen atoms in total. The van der Waals surface area contributed by atoms with Crippen LogP contribution in [0.5, 0.6) is 0 Å². The second kappa shape index (κ2) is 4.44. The van der Waals surface area contributed by atoms with E-state index in [1.54, 1.807) is 12.1 Å². The van der Waals surface area contributed by atoms with Gasteiger partial charge in [0.1, 0.15) is 0 Å². The molecule has 0 radical (unpaired) electrons. The first-order valence-electron chi connectivity index (χ1n) is 6.10. The average molecular weight is 305 g/mol. The minimum absolute atomic E-state index is 0.184. The summed E-state index contributed by atoms with van der Waals surface area (Å²) in [5.74, 6) is -0.368. The van der Waals surface area contributed by atoms with E-state index in [1.165, 1.54) is 12.1 Å². The molecule has 2 aromatic rings. The van der Waals surface area contributed by atoms with Crippen LogP contribution in [0.3, 0.4) is 0 Å². The van der Waals surface area contributed by atoms with Crippen molar-refractivity contribution in [1.82, 2.24) is 0 Å². The predicted molar refractivity (Wildman–Crippen MR) is 79.2 cm³/mol. The van der Waals surface area contributed by atoms with E-state index >= 15 is 0 Å². The summed E-state index contributed by atoms with van der Waals surface area (Å²) in [6.07, 6.45) is 0. The third-order valence-corrected chi connectivity index (χ3v) is 4.39. The maximum absolute atomic E-state index is 12.5. The Balaban J connectivity index is 2.33. The van der Waals surface area contributed by atoms with Crippen LogP contribution in [0.4, 0.5) is 0 Å². The minimum Gasteiger partial charge on any atom is -0.289 e. The molecule has 20 heavy (non-hydrogen) atoms. The predicted octanol–water partition coefficient (Wildman–Crippen LogP) is 4.39. The number of benzene rings is 2. The van der Waals surface area contributed by atoms with Crippen molar-refractivity contribution in [3.63, 3.8) is 0 Å². The highest BCUT2D eigenvalue weighted by molar-refractivity contribution is 6.43. The lowest BCUT2D eigenvalue weighted by molar-refractivity contribution is 0.0979. The molecule has 0 saturated carbocycles. The molecule has 3 rings (SSSR count). The fourth-order valence-corrected chi connectivity index (χ4v) is 2.73. The van der Waals surface area contributed by atoms with Crippen molar-refractivity contribution in [2.45, 2.75) is 13.8 Å². The zero-order valence-electron chi connectivity index (χ0n) is 10.9. The zero-order valence-corrected chi connectivity index (χ0v) is 12.4. The van der Waals surface area contributed by atoms with Crippen LogP contribution in [-0.4, -0.2) is 11.6 Å². The van der Waals surface area contributed by atoms with Crippen molar-refractivity contribution >= 4 is 34.8 Å². The van der Waals surface area contributed by atoms with Crippen molar-refractivity contribution in [2.24, 2.45) is 0 Å². The molecule has 0 aliphatic heterocycles. The van der Waals surface area contributed by atoms with Crippen LogP contribution in [0.25, 0.3) is 0 Å². The van der Waals surface area contributed by atoms with E-state index in [9.17, 15) is 9.59 Å². The number of carbonyl (C=O) groups excluding carboxylic acids is 2. The monoisotopic (exact) mass is 304 g/mol. The summed E-state index contributed by atoms with van der Waals surface area (Å²) in [5, 5.41) is 0.553. The molecule has 0 spiro atoms. The maximum atomic E-state index is 12.5. The third kappa shape index (κ3) is 1.80. The van der Waals surface area contributed by atoms with Crippen LogP contribution in [0.1, 0.15) is 43.0 Å². The Kier molecular flexibility index (Phi) is 2.96. The molecule has 0 amide bonds. The normalized spacial score (nSPS) is 13.2. The molecule has 0 N–H and O–H groups in total.